The Kier molecular flexibility index (Phi) is 8.01. The molecule has 0 bridgehead atoms. The summed E-state index contributed by atoms with van der Waals surface area (Å²) >= 11 is 0. The molecule has 3 N–H and O–H groups in total. The molecule has 0 heterocycles. The lowest BCUT2D eigenvalue weighted by molar-refractivity contribution is -0.0380. The Morgan fingerprint density at radius 3 is 2.12 bits per heavy atom. The van der Waals surface area contributed by atoms with Crippen LogP contribution < -0.4 is 11.3 Å². The standard InChI is InChI=1S/C14H32N2O/c1-7-17-13(14(4,5)6)12(16-15)10-8-9-11(2)3/h11-13,16H,7-10,15H2,1-6H3. The van der Waals surface area contributed by atoms with Gasteiger partial charge in [0.05, 0.1) is 6.10 Å². The van der Waals surface area contributed by atoms with Crippen LogP contribution in [0.2, 0.25) is 0 Å². The Labute approximate surface area is 107 Å². The monoisotopic (exact) mass is 244 g/mol. The van der Waals surface area contributed by atoms with Crippen LogP contribution in [0.5, 0.6) is 0 Å². The van der Waals surface area contributed by atoms with Crippen LogP contribution in [0.25, 0.3) is 0 Å². The van der Waals surface area contributed by atoms with Gasteiger partial charge < -0.3 is 4.74 Å². The van der Waals surface area contributed by atoms with Crippen LogP contribution in [0.1, 0.15) is 60.8 Å². The molecule has 0 aliphatic heterocycles. The van der Waals surface area contributed by atoms with Gasteiger partial charge in [0.2, 0.25) is 0 Å². The second-order valence-electron chi connectivity index (χ2n) is 6.34. The van der Waals surface area contributed by atoms with E-state index in [2.05, 4.69) is 40.0 Å². The van der Waals surface area contributed by atoms with E-state index < -0.39 is 0 Å². The maximum absolute atomic E-state index is 5.87. The molecular weight excluding hydrogens is 212 g/mol. The predicted octanol–water partition coefficient (Wildman–Crippen LogP) is 3.10. The Hall–Kier alpha value is -0.120. The van der Waals surface area contributed by atoms with Crippen molar-refractivity contribution in [3.8, 4) is 0 Å². The average Bonchev–Trinajstić information content (AvgIpc) is 2.20. The molecular formula is C14H32N2O. The molecule has 0 aromatic rings. The lowest BCUT2D eigenvalue weighted by atomic mass is 9.82. The molecule has 0 aliphatic carbocycles. The largest absolute Gasteiger partial charge is 0.376 e. The first-order chi connectivity index (χ1) is 7.82. The van der Waals surface area contributed by atoms with Crippen LogP contribution in [-0.2, 0) is 4.74 Å². The zero-order valence-electron chi connectivity index (χ0n) is 12.5. The number of hydrogen-bond donors (Lipinski definition) is 2. The van der Waals surface area contributed by atoms with Gasteiger partial charge in [-0.15, -0.1) is 0 Å². The van der Waals surface area contributed by atoms with E-state index in [0.717, 1.165) is 18.9 Å². The first-order valence-corrected chi connectivity index (χ1v) is 6.90. The van der Waals surface area contributed by atoms with Crippen molar-refractivity contribution in [3.05, 3.63) is 0 Å². The lowest BCUT2D eigenvalue weighted by Crippen LogP contribution is -2.50. The van der Waals surface area contributed by atoms with Crippen molar-refractivity contribution in [2.45, 2.75) is 73.0 Å². The molecule has 0 aliphatic rings. The molecule has 2 atom stereocenters. The molecule has 0 aromatic carbocycles. The molecule has 2 unspecified atom stereocenters. The minimum atomic E-state index is 0.116. The van der Waals surface area contributed by atoms with E-state index in [9.17, 15) is 0 Å². The topological polar surface area (TPSA) is 47.3 Å². The lowest BCUT2D eigenvalue weighted by Gasteiger charge is -2.36. The van der Waals surface area contributed by atoms with E-state index in [-0.39, 0.29) is 17.6 Å². The molecule has 17 heavy (non-hydrogen) atoms. The van der Waals surface area contributed by atoms with Gasteiger partial charge in [-0.3, -0.25) is 11.3 Å². The summed E-state index contributed by atoms with van der Waals surface area (Å²) in [5.74, 6) is 6.45. The third-order valence-corrected chi connectivity index (χ3v) is 3.08. The Balaban J connectivity index is 4.35. The van der Waals surface area contributed by atoms with Gasteiger partial charge in [0.25, 0.3) is 0 Å². The second-order valence-corrected chi connectivity index (χ2v) is 6.34. The molecule has 3 nitrogen and oxygen atoms in total. The quantitative estimate of drug-likeness (QED) is 0.509. The number of ether oxygens (including phenoxy) is 1. The van der Waals surface area contributed by atoms with Gasteiger partial charge in [-0.2, -0.15) is 0 Å². The van der Waals surface area contributed by atoms with Gasteiger partial charge in [0, 0.05) is 12.6 Å². The summed E-state index contributed by atoms with van der Waals surface area (Å²) in [5, 5.41) is 0. The molecule has 3 heteroatoms. The maximum atomic E-state index is 5.87. The highest BCUT2D eigenvalue weighted by Gasteiger charge is 2.31. The van der Waals surface area contributed by atoms with Crippen molar-refractivity contribution in [2.75, 3.05) is 6.61 Å². The Morgan fingerprint density at radius 2 is 1.76 bits per heavy atom. The molecule has 0 radical (unpaired) electrons. The highest BCUT2D eigenvalue weighted by Crippen LogP contribution is 2.27. The number of hydrogen-bond acceptors (Lipinski definition) is 3. The second kappa shape index (κ2) is 8.06. The fourth-order valence-electron chi connectivity index (χ4n) is 2.22. The molecule has 0 spiro atoms. The molecule has 0 aromatic heterocycles. The smallest absolute Gasteiger partial charge is 0.0789 e. The third kappa shape index (κ3) is 7.02. The zero-order chi connectivity index (χ0) is 13.5. The molecule has 104 valence electrons. The van der Waals surface area contributed by atoms with Crippen LogP contribution >= 0.6 is 0 Å². The van der Waals surface area contributed by atoms with Gasteiger partial charge in [0.15, 0.2) is 0 Å². The predicted molar refractivity (Wildman–Crippen MR) is 74.7 cm³/mol. The van der Waals surface area contributed by atoms with E-state index in [4.69, 9.17) is 10.6 Å². The van der Waals surface area contributed by atoms with Gasteiger partial charge in [-0.05, 0) is 24.7 Å². The SMILES string of the molecule is CCOC(C(CCCC(C)C)NN)C(C)(C)C. The van der Waals surface area contributed by atoms with E-state index in [0.29, 0.717) is 0 Å². The average molecular weight is 244 g/mol. The zero-order valence-corrected chi connectivity index (χ0v) is 12.5. The van der Waals surface area contributed by atoms with E-state index in [1.807, 2.05) is 6.92 Å². The normalized spacial score (nSPS) is 16.2. The number of nitrogens with two attached hydrogens (primary N) is 1. The molecule has 0 saturated carbocycles. The van der Waals surface area contributed by atoms with E-state index in [1.54, 1.807) is 0 Å². The van der Waals surface area contributed by atoms with Crippen LogP contribution in [0.4, 0.5) is 0 Å². The summed E-state index contributed by atoms with van der Waals surface area (Å²) in [6, 6.07) is 0.244. The number of rotatable bonds is 8. The summed E-state index contributed by atoms with van der Waals surface area (Å²) in [5.41, 5.74) is 3.06. The minimum Gasteiger partial charge on any atom is -0.376 e. The fourth-order valence-corrected chi connectivity index (χ4v) is 2.22. The summed E-state index contributed by atoms with van der Waals surface area (Å²) in [6.07, 6.45) is 3.70. The van der Waals surface area contributed by atoms with Gasteiger partial charge in [-0.25, -0.2) is 0 Å². The van der Waals surface area contributed by atoms with Crippen molar-refractivity contribution >= 4 is 0 Å². The first kappa shape index (κ1) is 16.9. The van der Waals surface area contributed by atoms with Gasteiger partial charge in [-0.1, -0.05) is 47.5 Å². The summed E-state index contributed by atoms with van der Waals surface area (Å²) < 4.78 is 5.87. The molecule has 0 saturated heterocycles. The highest BCUT2D eigenvalue weighted by atomic mass is 16.5. The fraction of sp³-hybridized carbons (Fsp3) is 1.00. The molecule has 0 fully saturated rings. The van der Waals surface area contributed by atoms with Gasteiger partial charge in [0.1, 0.15) is 0 Å². The van der Waals surface area contributed by atoms with Crippen molar-refractivity contribution in [1.82, 2.24) is 5.43 Å². The van der Waals surface area contributed by atoms with Crippen molar-refractivity contribution in [3.63, 3.8) is 0 Å². The van der Waals surface area contributed by atoms with Crippen molar-refractivity contribution in [2.24, 2.45) is 17.2 Å². The number of nitrogens with one attached hydrogen (secondary N) is 1. The molecule has 0 amide bonds. The van der Waals surface area contributed by atoms with Crippen LogP contribution in [0.3, 0.4) is 0 Å². The summed E-state index contributed by atoms with van der Waals surface area (Å²) in [6.45, 7) is 13.9. The summed E-state index contributed by atoms with van der Waals surface area (Å²) in [7, 11) is 0. The van der Waals surface area contributed by atoms with E-state index in [1.165, 1.54) is 12.8 Å². The Morgan fingerprint density at radius 1 is 1.18 bits per heavy atom. The molecule has 0 rings (SSSR count). The third-order valence-electron chi connectivity index (χ3n) is 3.08. The van der Waals surface area contributed by atoms with Crippen LogP contribution in [0, 0.1) is 11.3 Å². The highest BCUT2D eigenvalue weighted by molar-refractivity contribution is 4.85. The summed E-state index contributed by atoms with van der Waals surface area (Å²) in [4.78, 5) is 0. The van der Waals surface area contributed by atoms with E-state index >= 15 is 0 Å². The van der Waals surface area contributed by atoms with Crippen molar-refractivity contribution < 1.29 is 4.74 Å². The first-order valence-electron chi connectivity index (χ1n) is 6.90. The van der Waals surface area contributed by atoms with Crippen LogP contribution in [0.15, 0.2) is 0 Å². The Bertz CT molecular complexity index is 187. The van der Waals surface area contributed by atoms with Crippen LogP contribution in [-0.4, -0.2) is 18.8 Å². The minimum absolute atomic E-state index is 0.116. The van der Waals surface area contributed by atoms with Gasteiger partial charge >= 0.3 is 0 Å². The van der Waals surface area contributed by atoms with Crippen molar-refractivity contribution in [1.29, 1.82) is 0 Å². The maximum Gasteiger partial charge on any atom is 0.0789 e. The number of hydrazine groups is 1.